The zero-order valence-electron chi connectivity index (χ0n) is 12.0. The second kappa shape index (κ2) is 6.58. The summed E-state index contributed by atoms with van der Waals surface area (Å²) in [6.07, 6.45) is 3.46. The highest BCUT2D eigenvalue weighted by Crippen LogP contribution is 2.20. The second-order valence-electron chi connectivity index (χ2n) is 4.61. The lowest BCUT2D eigenvalue weighted by Crippen LogP contribution is -2.11. The molecule has 0 spiro atoms. The molecule has 0 saturated carbocycles. The number of methoxy groups -OCH3 is 1. The fraction of sp³-hybridized carbons (Fsp3) is 0.267. The minimum Gasteiger partial charge on any atom is -0.496 e. The number of benzene rings is 1. The van der Waals surface area contributed by atoms with Crippen LogP contribution in [0.25, 0.3) is 0 Å². The Kier molecular flexibility index (Phi) is 4.80. The molecule has 1 N–H and O–H groups in total. The van der Waals surface area contributed by atoms with Crippen LogP contribution in [-0.4, -0.2) is 33.3 Å². The van der Waals surface area contributed by atoms with Gasteiger partial charge in [0, 0.05) is 19.0 Å². The molecule has 0 atom stereocenters. The molecule has 112 valence electrons. The molecule has 1 aromatic heterocycles. The Morgan fingerprint density at radius 3 is 2.67 bits per heavy atom. The Bertz CT molecular complexity index is 714. The molecule has 0 bridgehead atoms. The minimum absolute atomic E-state index is 0.213. The summed E-state index contributed by atoms with van der Waals surface area (Å²) in [6, 6.07) is 10.9. The molecule has 0 unspecified atom stereocenters. The number of para-hydroxylation sites is 1. The summed E-state index contributed by atoms with van der Waals surface area (Å²) >= 11 is 0. The molecule has 2 rings (SSSR count). The van der Waals surface area contributed by atoms with Crippen molar-refractivity contribution in [2.24, 2.45) is 0 Å². The van der Waals surface area contributed by atoms with Crippen molar-refractivity contribution < 1.29 is 13.2 Å². The maximum atomic E-state index is 11.7. The third-order valence-electron chi connectivity index (χ3n) is 3.05. The van der Waals surface area contributed by atoms with Crippen molar-refractivity contribution in [2.45, 2.75) is 11.3 Å². The van der Waals surface area contributed by atoms with E-state index in [0.717, 1.165) is 11.3 Å². The van der Waals surface area contributed by atoms with Gasteiger partial charge in [0.15, 0.2) is 9.84 Å². The first-order chi connectivity index (χ1) is 10.0. The summed E-state index contributed by atoms with van der Waals surface area (Å²) in [5.41, 5.74) is 1.06. The molecule has 0 aliphatic carbocycles. The minimum atomic E-state index is -3.29. The fourth-order valence-electron chi connectivity index (χ4n) is 2.05. The van der Waals surface area contributed by atoms with E-state index in [0.29, 0.717) is 18.8 Å². The van der Waals surface area contributed by atoms with Gasteiger partial charge in [-0.05, 0) is 30.2 Å². The van der Waals surface area contributed by atoms with Crippen LogP contribution >= 0.6 is 0 Å². The molecule has 6 heteroatoms. The lowest BCUT2D eigenvalue weighted by Gasteiger charge is -2.11. The first kappa shape index (κ1) is 15.3. The van der Waals surface area contributed by atoms with Crippen LogP contribution in [0.2, 0.25) is 0 Å². The van der Waals surface area contributed by atoms with Crippen molar-refractivity contribution in [3.8, 4) is 5.75 Å². The lowest BCUT2D eigenvalue weighted by atomic mass is 10.1. The first-order valence-electron chi connectivity index (χ1n) is 6.53. The van der Waals surface area contributed by atoms with Crippen LogP contribution in [0.4, 0.5) is 5.82 Å². The molecular formula is C15H18N2O3S. The van der Waals surface area contributed by atoms with E-state index >= 15 is 0 Å². The van der Waals surface area contributed by atoms with Crippen LogP contribution in [0, 0.1) is 0 Å². The maximum absolute atomic E-state index is 11.7. The molecule has 5 nitrogen and oxygen atoms in total. The molecule has 0 aliphatic heterocycles. The summed E-state index contributed by atoms with van der Waals surface area (Å²) in [5, 5.41) is 3.07. The maximum Gasteiger partial charge on any atom is 0.179 e. The Morgan fingerprint density at radius 1 is 1.19 bits per heavy atom. The van der Waals surface area contributed by atoms with Gasteiger partial charge in [0.25, 0.3) is 0 Å². The predicted octanol–water partition coefficient (Wildman–Crippen LogP) is 2.15. The molecule has 0 fully saturated rings. The van der Waals surface area contributed by atoms with Gasteiger partial charge in [-0.15, -0.1) is 0 Å². The van der Waals surface area contributed by atoms with Crippen LogP contribution < -0.4 is 10.1 Å². The number of pyridine rings is 1. The summed E-state index contributed by atoms with van der Waals surface area (Å²) < 4.78 is 28.7. The van der Waals surface area contributed by atoms with Gasteiger partial charge in [-0.25, -0.2) is 13.4 Å². The third-order valence-corrected chi connectivity index (χ3v) is 4.18. The molecule has 0 amide bonds. The van der Waals surface area contributed by atoms with Crippen molar-refractivity contribution in [1.29, 1.82) is 0 Å². The fourth-order valence-corrected chi connectivity index (χ4v) is 2.85. The first-order valence-corrected chi connectivity index (χ1v) is 8.42. The number of ether oxygens (including phenoxy) is 1. The molecule has 1 aromatic carbocycles. The van der Waals surface area contributed by atoms with E-state index < -0.39 is 9.84 Å². The lowest BCUT2D eigenvalue weighted by molar-refractivity contribution is 0.410. The molecule has 21 heavy (non-hydrogen) atoms. The quantitative estimate of drug-likeness (QED) is 0.885. The topological polar surface area (TPSA) is 68.3 Å². The molecule has 2 aromatic rings. The van der Waals surface area contributed by atoms with E-state index in [1.165, 1.54) is 6.26 Å². The van der Waals surface area contributed by atoms with E-state index in [2.05, 4.69) is 10.3 Å². The SMILES string of the molecule is COc1ccccc1CCNc1ncccc1S(C)(=O)=O. The Labute approximate surface area is 124 Å². The Hall–Kier alpha value is -2.08. The van der Waals surface area contributed by atoms with Crippen molar-refractivity contribution in [1.82, 2.24) is 4.98 Å². The van der Waals surface area contributed by atoms with Gasteiger partial charge in [0.05, 0.1) is 7.11 Å². The largest absolute Gasteiger partial charge is 0.496 e. The van der Waals surface area contributed by atoms with Gasteiger partial charge in [-0.1, -0.05) is 18.2 Å². The number of rotatable bonds is 6. The van der Waals surface area contributed by atoms with Gasteiger partial charge in [-0.3, -0.25) is 0 Å². The van der Waals surface area contributed by atoms with Crippen LogP contribution in [0.15, 0.2) is 47.5 Å². The second-order valence-corrected chi connectivity index (χ2v) is 6.60. The predicted molar refractivity (Wildman–Crippen MR) is 82.5 cm³/mol. The Morgan fingerprint density at radius 2 is 1.95 bits per heavy atom. The van der Waals surface area contributed by atoms with E-state index in [1.807, 2.05) is 24.3 Å². The number of sulfone groups is 1. The summed E-state index contributed by atoms with van der Waals surface area (Å²) in [6.45, 7) is 0.569. The van der Waals surface area contributed by atoms with Crippen LogP contribution in [0.5, 0.6) is 5.75 Å². The van der Waals surface area contributed by atoms with Crippen LogP contribution in [-0.2, 0) is 16.3 Å². The zero-order chi connectivity index (χ0) is 15.3. The molecular weight excluding hydrogens is 288 g/mol. The average molecular weight is 306 g/mol. The van der Waals surface area contributed by atoms with E-state index in [1.54, 1.807) is 25.4 Å². The van der Waals surface area contributed by atoms with Gasteiger partial charge < -0.3 is 10.1 Å². The van der Waals surface area contributed by atoms with E-state index in [9.17, 15) is 8.42 Å². The van der Waals surface area contributed by atoms with Crippen molar-refractivity contribution in [2.75, 3.05) is 25.2 Å². The number of aromatic nitrogens is 1. The molecule has 1 heterocycles. The normalized spacial score (nSPS) is 11.1. The standard InChI is InChI=1S/C15H18N2O3S/c1-20-13-7-4-3-6-12(13)9-11-17-15-14(21(2,18)19)8-5-10-16-15/h3-8,10H,9,11H2,1-2H3,(H,16,17). The number of nitrogens with zero attached hydrogens (tertiary/aromatic N) is 1. The number of nitrogens with one attached hydrogen (secondary N) is 1. The number of anilines is 1. The van der Waals surface area contributed by atoms with Crippen molar-refractivity contribution in [3.63, 3.8) is 0 Å². The van der Waals surface area contributed by atoms with Gasteiger partial charge in [0.1, 0.15) is 16.5 Å². The summed E-state index contributed by atoms with van der Waals surface area (Å²) in [5.74, 6) is 1.21. The molecule has 0 aliphatic rings. The summed E-state index contributed by atoms with van der Waals surface area (Å²) in [7, 11) is -1.66. The highest BCUT2D eigenvalue weighted by molar-refractivity contribution is 7.90. The number of hydrogen-bond donors (Lipinski definition) is 1. The highest BCUT2D eigenvalue weighted by atomic mass is 32.2. The summed E-state index contributed by atoms with van der Waals surface area (Å²) in [4.78, 5) is 4.31. The number of hydrogen-bond acceptors (Lipinski definition) is 5. The Balaban J connectivity index is 2.08. The van der Waals surface area contributed by atoms with Crippen molar-refractivity contribution in [3.05, 3.63) is 48.2 Å². The third kappa shape index (κ3) is 3.95. The smallest absolute Gasteiger partial charge is 0.179 e. The van der Waals surface area contributed by atoms with E-state index in [-0.39, 0.29) is 4.90 Å². The molecule has 0 saturated heterocycles. The highest BCUT2D eigenvalue weighted by Gasteiger charge is 2.13. The van der Waals surface area contributed by atoms with Crippen LogP contribution in [0.3, 0.4) is 0 Å². The average Bonchev–Trinajstić information content (AvgIpc) is 2.47. The van der Waals surface area contributed by atoms with Gasteiger partial charge >= 0.3 is 0 Å². The zero-order valence-corrected chi connectivity index (χ0v) is 12.9. The van der Waals surface area contributed by atoms with Crippen molar-refractivity contribution >= 4 is 15.7 Å². The van der Waals surface area contributed by atoms with Crippen LogP contribution in [0.1, 0.15) is 5.56 Å². The van der Waals surface area contributed by atoms with Gasteiger partial charge in [-0.2, -0.15) is 0 Å². The molecule has 0 radical (unpaired) electrons. The van der Waals surface area contributed by atoms with E-state index in [4.69, 9.17) is 4.74 Å². The van der Waals surface area contributed by atoms with Gasteiger partial charge in [0.2, 0.25) is 0 Å². The monoisotopic (exact) mass is 306 g/mol.